The van der Waals surface area contributed by atoms with Gasteiger partial charge in [-0.15, -0.1) is 0 Å². The molecule has 2 bridgehead atoms. The minimum absolute atomic E-state index is 0.0318. The fourth-order valence-electron chi connectivity index (χ4n) is 4.96. The summed E-state index contributed by atoms with van der Waals surface area (Å²) >= 11 is 0. The summed E-state index contributed by atoms with van der Waals surface area (Å²) in [5.41, 5.74) is 3.13. The van der Waals surface area contributed by atoms with Crippen LogP contribution < -0.4 is 5.56 Å². The molecule has 0 saturated carbocycles. The van der Waals surface area contributed by atoms with Crippen LogP contribution in [0.5, 0.6) is 0 Å². The Labute approximate surface area is 174 Å². The van der Waals surface area contributed by atoms with Gasteiger partial charge < -0.3 is 14.1 Å². The van der Waals surface area contributed by atoms with Gasteiger partial charge in [-0.2, -0.15) is 5.26 Å². The van der Waals surface area contributed by atoms with E-state index in [0.29, 0.717) is 35.3 Å². The van der Waals surface area contributed by atoms with E-state index < -0.39 is 0 Å². The normalized spacial score (nSPS) is 20.5. The van der Waals surface area contributed by atoms with E-state index in [1.807, 2.05) is 34.9 Å². The molecule has 1 fully saturated rings. The molecule has 2 atom stereocenters. The molecule has 0 radical (unpaired) electrons. The second-order valence-corrected chi connectivity index (χ2v) is 8.30. The smallest absolute Gasteiger partial charge is 0.258 e. The van der Waals surface area contributed by atoms with Crippen molar-refractivity contribution in [1.82, 2.24) is 9.47 Å². The van der Waals surface area contributed by atoms with E-state index in [1.54, 1.807) is 12.1 Å². The van der Waals surface area contributed by atoms with E-state index in [2.05, 4.69) is 17.0 Å². The minimum Gasteiger partial charge on any atom is -0.462 e. The molecule has 1 aromatic carbocycles. The zero-order valence-electron chi connectivity index (χ0n) is 16.6. The second-order valence-electron chi connectivity index (χ2n) is 8.30. The van der Waals surface area contributed by atoms with Crippen molar-refractivity contribution in [2.24, 2.45) is 5.92 Å². The topological polar surface area (TPSA) is 82.4 Å². The molecule has 152 valence electrons. The lowest BCUT2D eigenvalue weighted by molar-refractivity contribution is 0.106. The number of pyridine rings is 1. The number of aliphatic hydroxyl groups is 1. The first-order chi connectivity index (χ1) is 14.6. The number of rotatable bonds is 4. The van der Waals surface area contributed by atoms with Gasteiger partial charge in [0.2, 0.25) is 0 Å². The molecule has 3 aromatic rings. The van der Waals surface area contributed by atoms with Crippen LogP contribution in [0, 0.1) is 17.2 Å². The number of benzene rings is 1. The minimum atomic E-state index is -0.0822. The number of nitriles is 1. The lowest BCUT2D eigenvalue weighted by atomic mass is 9.82. The average Bonchev–Trinajstić information content (AvgIpc) is 3.22. The number of aliphatic hydroxyl groups excluding tert-OH is 1. The number of fused-ring (bicyclic) bond motifs is 4. The molecule has 2 aliphatic rings. The zero-order valence-corrected chi connectivity index (χ0v) is 16.6. The van der Waals surface area contributed by atoms with E-state index >= 15 is 0 Å². The van der Waals surface area contributed by atoms with Crippen molar-refractivity contribution in [1.29, 1.82) is 5.26 Å². The molecule has 5 rings (SSSR count). The molecule has 4 heterocycles. The Morgan fingerprint density at radius 3 is 2.77 bits per heavy atom. The molecule has 0 spiro atoms. The Morgan fingerprint density at radius 2 is 1.97 bits per heavy atom. The van der Waals surface area contributed by atoms with Crippen LogP contribution in [0.4, 0.5) is 0 Å². The van der Waals surface area contributed by atoms with E-state index in [4.69, 9.17) is 9.68 Å². The summed E-state index contributed by atoms with van der Waals surface area (Å²) in [6.07, 6.45) is 1.10. The molecule has 30 heavy (non-hydrogen) atoms. The molecular formula is C24H23N3O3. The van der Waals surface area contributed by atoms with Crippen molar-refractivity contribution in [2.75, 3.05) is 13.1 Å². The summed E-state index contributed by atoms with van der Waals surface area (Å²) in [7, 11) is 0. The van der Waals surface area contributed by atoms with Crippen LogP contribution in [0.25, 0.3) is 11.1 Å². The van der Waals surface area contributed by atoms with Crippen molar-refractivity contribution in [2.45, 2.75) is 32.0 Å². The van der Waals surface area contributed by atoms with Crippen molar-refractivity contribution in [3.05, 3.63) is 81.7 Å². The Kier molecular flexibility index (Phi) is 4.78. The maximum absolute atomic E-state index is 13.3. The summed E-state index contributed by atoms with van der Waals surface area (Å²) in [4.78, 5) is 15.7. The van der Waals surface area contributed by atoms with Gasteiger partial charge in [0, 0.05) is 36.8 Å². The quantitative estimate of drug-likeness (QED) is 0.726. The first-order valence-corrected chi connectivity index (χ1v) is 10.3. The molecule has 1 saturated heterocycles. The van der Waals surface area contributed by atoms with Crippen molar-refractivity contribution < 1.29 is 9.52 Å². The van der Waals surface area contributed by atoms with Crippen LogP contribution >= 0.6 is 0 Å². The number of nitrogens with zero attached hydrogens (tertiary/aromatic N) is 3. The van der Waals surface area contributed by atoms with E-state index in [-0.39, 0.29) is 12.2 Å². The van der Waals surface area contributed by atoms with Crippen LogP contribution in [0.3, 0.4) is 0 Å². The number of aromatic nitrogens is 1. The van der Waals surface area contributed by atoms with E-state index in [0.717, 1.165) is 43.1 Å². The van der Waals surface area contributed by atoms with Crippen LogP contribution in [0.2, 0.25) is 0 Å². The summed E-state index contributed by atoms with van der Waals surface area (Å²) in [5.74, 6) is 2.19. The van der Waals surface area contributed by atoms with Gasteiger partial charge in [-0.05, 0) is 54.3 Å². The van der Waals surface area contributed by atoms with Gasteiger partial charge >= 0.3 is 0 Å². The van der Waals surface area contributed by atoms with E-state index in [1.165, 1.54) is 0 Å². The molecule has 2 aromatic heterocycles. The van der Waals surface area contributed by atoms with Gasteiger partial charge in [0.05, 0.1) is 18.2 Å². The molecular weight excluding hydrogens is 378 g/mol. The van der Waals surface area contributed by atoms with Gasteiger partial charge in [0.25, 0.3) is 5.56 Å². The first kappa shape index (κ1) is 18.9. The number of furan rings is 1. The van der Waals surface area contributed by atoms with Gasteiger partial charge in [0.1, 0.15) is 18.1 Å². The van der Waals surface area contributed by atoms with E-state index in [9.17, 15) is 9.90 Å². The fraction of sp³-hybridized carbons (Fsp3) is 0.333. The number of hydrogen-bond donors (Lipinski definition) is 1. The highest BCUT2D eigenvalue weighted by Gasteiger charge is 2.35. The predicted octanol–water partition coefficient (Wildman–Crippen LogP) is 3.09. The average molecular weight is 401 g/mol. The Bertz CT molecular complexity index is 1190. The number of likely N-dealkylation sites (tertiary alicyclic amines) is 1. The molecule has 0 amide bonds. The SMILES string of the molecule is N#Cc1cccc(-c2ccc3n(c2=O)C[C@@H]2C[C@@H]3CN(Cc3ccc(CO)o3)C2)c1. The highest BCUT2D eigenvalue weighted by molar-refractivity contribution is 5.64. The number of piperidine rings is 1. The summed E-state index contributed by atoms with van der Waals surface area (Å²) in [5, 5.41) is 18.4. The third kappa shape index (κ3) is 3.36. The van der Waals surface area contributed by atoms with Crippen LogP contribution in [0.1, 0.15) is 35.1 Å². The summed E-state index contributed by atoms with van der Waals surface area (Å²) in [6, 6.07) is 17.1. The van der Waals surface area contributed by atoms with Gasteiger partial charge in [0.15, 0.2) is 0 Å². The van der Waals surface area contributed by atoms with Gasteiger partial charge in [-0.3, -0.25) is 9.69 Å². The lowest BCUT2D eigenvalue weighted by Gasteiger charge is -2.42. The maximum atomic E-state index is 13.3. The summed E-state index contributed by atoms with van der Waals surface area (Å²) < 4.78 is 7.61. The second kappa shape index (κ2) is 7.60. The standard InChI is InChI=1S/C24H23N3O3/c25-10-16-2-1-3-18(8-16)22-6-7-23-19-9-17(12-27(23)24(22)29)11-26(13-19)14-20-4-5-21(15-28)30-20/h1-8,17,19,28H,9,11-15H2/t17-,19-/m1/s1. The van der Waals surface area contributed by atoms with Gasteiger partial charge in [-0.25, -0.2) is 0 Å². The maximum Gasteiger partial charge on any atom is 0.258 e. The molecule has 1 N–H and O–H groups in total. The molecule has 0 unspecified atom stereocenters. The third-order valence-electron chi connectivity index (χ3n) is 6.24. The van der Waals surface area contributed by atoms with Gasteiger partial charge in [-0.1, -0.05) is 12.1 Å². The molecule has 0 aliphatic carbocycles. The molecule has 2 aliphatic heterocycles. The van der Waals surface area contributed by atoms with Crippen LogP contribution in [0.15, 0.2) is 57.7 Å². The largest absolute Gasteiger partial charge is 0.462 e. The zero-order chi connectivity index (χ0) is 20.7. The third-order valence-corrected chi connectivity index (χ3v) is 6.24. The highest BCUT2D eigenvalue weighted by atomic mass is 16.4. The highest BCUT2D eigenvalue weighted by Crippen LogP contribution is 2.36. The fourth-order valence-corrected chi connectivity index (χ4v) is 4.96. The molecule has 6 heteroatoms. The van der Waals surface area contributed by atoms with Crippen molar-refractivity contribution in [3.8, 4) is 17.2 Å². The Hall–Kier alpha value is -3.14. The Balaban J connectivity index is 1.42. The Morgan fingerprint density at radius 1 is 1.10 bits per heavy atom. The number of hydrogen-bond acceptors (Lipinski definition) is 5. The van der Waals surface area contributed by atoms with Crippen LogP contribution in [-0.2, 0) is 19.7 Å². The van der Waals surface area contributed by atoms with Crippen LogP contribution in [-0.4, -0.2) is 27.7 Å². The summed E-state index contributed by atoms with van der Waals surface area (Å²) in [6.45, 7) is 3.16. The first-order valence-electron chi connectivity index (χ1n) is 10.3. The predicted molar refractivity (Wildman–Crippen MR) is 112 cm³/mol. The molecule has 6 nitrogen and oxygen atoms in total. The van der Waals surface area contributed by atoms with Crippen molar-refractivity contribution in [3.63, 3.8) is 0 Å². The monoisotopic (exact) mass is 401 g/mol. The lowest BCUT2D eigenvalue weighted by Crippen LogP contribution is -2.46. The van der Waals surface area contributed by atoms with Crippen molar-refractivity contribution >= 4 is 0 Å².